The van der Waals surface area contributed by atoms with E-state index in [1.54, 1.807) is 0 Å². The molecule has 0 heterocycles. The Morgan fingerprint density at radius 2 is 1.93 bits per heavy atom. The summed E-state index contributed by atoms with van der Waals surface area (Å²) >= 11 is 5.71. The predicted octanol–water partition coefficient (Wildman–Crippen LogP) is 3.79. The molecule has 2 atom stereocenters. The molecule has 0 aromatic heterocycles. The van der Waals surface area contributed by atoms with Crippen molar-refractivity contribution in [3.8, 4) is 0 Å². The number of halogens is 4. The van der Waals surface area contributed by atoms with Crippen LogP contribution in [0.5, 0.6) is 0 Å². The number of rotatable bonds is 7. The Kier molecular flexibility index (Phi) is 5.88. The van der Waals surface area contributed by atoms with Gasteiger partial charge in [-0.05, 0) is 54.7 Å². The molecule has 1 amide bonds. The van der Waals surface area contributed by atoms with Gasteiger partial charge in [-0.2, -0.15) is 0 Å². The highest BCUT2D eigenvalue weighted by Crippen LogP contribution is 2.38. The Morgan fingerprint density at radius 3 is 2.56 bits per heavy atom. The van der Waals surface area contributed by atoms with Gasteiger partial charge in [0.2, 0.25) is 0 Å². The number of benzene rings is 2. The van der Waals surface area contributed by atoms with Crippen LogP contribution in [0.1, 0.15) is 16.8 Å². The summed E-state index contributed by atoms with van der Waals surface area (Å²) in [5.41, 5.74) is 2.19. The molecule has 0 radical (unpaired) electrons. The smallest absolute Gasteiger partial charge is 0.297 e. The van der Waals surface area contributed by atoms with Crippen LogP contribution in [0.4, 0.5) is 18.9 Å². The lowest BCUT2D eigenvalue weighted by Crippen LogP contribution is -2.37. The van der Waals surface area contributed by atoms with E-state index in [4.69, 9.17) is 21.5 Å². The third-order valence-corrected chi connectivity index (χ3v) is 4.46. The van der Waals surface area contributed by atoms with Gasteiger partial charge in [-0.25, -0.2) is 13.2 Å². The number of aliphatic hydroxyl groups excluding tert-OH is 1. The van der Waals surface area contributed by atoms with Crippen molar-refractivity contribution < 1.29 is 27.9 Å². The van der Waals surface area contributed by atoms with Gasteiger partial charge in [0.15, 0.2) is 11.6 Å². The van der Waals surface area contributed by atoms with Crippen molar-refractivity contribution in [2.75, 3.05) is 18.6 Å². The molecule has 2 aromatic carbocycles. The Balaban J connectivity index is 1.79. The molecule has 144 valence electrons. The fourth-order valence-corrected chi connectivity index (χ4v) is 2.64. The second-order valence-corrected chi connectivity index (χ2v) is 6.64. The summed E-state index contributed by atoms with van der Waals surface area (Å²) in [6.07, 6.45) is 0.735. The van der Waals surface area contributed by atoms with Gasteiger partial charge in [-0.15, -0.1) is 5.17 Å². The summed E-state index contributed by atoms with van der Waals surface area (Å²) in [7, 11) is 0. The third-order valence-electron chi connectivity index (χ3n) is 4.23. The number of hydrazine groups is 1. The molecule has 1 fully saturated rings. The van der Waals surface area contributed by atoms with Crippen molar-refractivity contribution in [1.82, 2.24) is 5.17 Å². The van der Waals surface area contributed by atoms with Crippen LogP contribution in [0.25, 0.3) is 0 Å². The number of carbonyl (C=O) groups is 1. The summed E-state index contributed by atoms with van der Waals surface area (Å²) in [6, 6.07) is 6.39. The minimum Gasteiger partial charge on any atom is -0.396 e. The normalized spacial score (nSPS) is 18.3. The largest absolute Gasteiger partial charge is 0.396 e. The van der Waals surface area contributed by atoms with Gasteiger partial charge in [-0.1, -0.05) is 11.6 Å². The molecule has 1 saturated carbocycles. The molecule has 5 nitrogen and oxygen atoms in total. The number of hydroxylamine groups is 1. The zero-order valence-electron chi connectivity index (χ0n) is 14.0. The van der Waals surface area contributed by atoms with Crippen LogP contribution in [-0.2, 0) is 4.84 Å². The monoisotopic (exact) mass is 400 g/mol. The van der Waals surface area contributed by atoms with E-state index in [1.165, 1.54) is 12.1 Å². The van der Waals surface area contributed by atoms with Crippen LogP contribution in [0.3, 0.4) is 0 Å². The first kappa shape index (κ1) is 19.5. The first-order chi connectivity index (χ1) is 12.9. The van der Waals surface area contributed by atoms with Crippen molar-refractivity contribution in [2.45, 2.75) is 6.42 Å². The van der Waals surface area contributed by atoms with E-state index in [2.05, 4.69) is 5.43 Å². The minimum atomic E-state index is -1.19. The number of aliphatic hydroxyl groups is 1. The lowest BCUT2D eigenvalue weighted by molar-refractivity contribution is -0.112. The number of carbonyl (C=O) groups excluding carboxylic acids is 1. The molecule has 1 aliphatic rings. The number of nitrogens with zero attached hydrogens (tertiary/aromatic N) is 1. The third kappa shape index (κ3) is 4.71. The van der Waals surface area contributed by atoms with E-state index < -0.39 is 23.4 Å². The summed E-state index contributed by atoms with van der Waals surface area (Å²) in [6.45, 7) is 0.0905. The van der Waals surface area contributed by atoms with Crippen molar-refractivity contribution in [1.29, 1.82) is 0 Å². The van der Waals surface area contributed by atoms with Crippen LogP contribution in [-0.4, -0.2) is 29.4 Å². The SMILES string of the molecule is O=C(c1ccc(F)c(F)c1)N(Nc1ccc(Cl)cc1F)OCC1CC1CO. The zero-order chi connectivity index (χ0) is 19.6. The van der Waals surface area contributed by atoms with Gasteiger partial charge in [0, 0.05) is 17.2 Å². The molecule has 9 heteroatoms. The molecule has 0 bridgehead atoms. The van der Waals surface area contributed by atoms with Crippen LogP contribution in [0.15, 0.2) is 36.4 Å². The van der Waals surface area contributed by atoms with Gasteiger partial charge in [0.25, 0.3) is 5.91 Å². The predicted molar refractivity (Wildman–Crippen MR) is 92.2 cm³/mol. The van der Waals surface area contributed by atoms with E-state index in [9.17, 15) is 18.0 Å². The number of hydrogen-bond donors (Lipinski definition) is 2. The molecule has 0 aliphatic heterocycles. The highest BCUT2D eigenvalue weighted by atomic mass is 35.5. The van der Waals surface area contributed by atoms with Gasteiger partial charge in [0.1, 0.15) is 5.82 Å². The fourth-order valence-electron chi connectivity index (χ4n) is 2.49. The fraction of sp³-hybridized carbons (Fsp3) is 0.278. The van der Waals surface area contributed by atoms with Crippen LogP contribution in [0, 0.1) is 29.3 Å². The second-order valence-electron chi connectivity index (χ2n) is 6.20. The Hall–Kier alpha value is -2.29. The van der Waals surface area contributed by atoms with E-state index in [1.807, 2.05) is 0 Å². The zero-order valence-corrected chi connectivity index (χ0v) is 14.7. The molecule has 2 aromatic rings. The lowest BCUT2D eigenvalue weighted by Gasteiger charge is -2.23. The average molecular weight is 401 g/mol. The van der Waals surface area contributed by atoms with E-state index in [0.29, 0.717) is 5.17 Å². The Bertz CT molecular complexity index is 853. The molecule has 0 saturated heterocycles. The summed E-state index contributed by atoms with van der Waals surface area (Å²) < 4.78 is 40.6. The second kappa shape index (κ2) is 8.16. The minimum absolute atomic E-state index is 0.00435. The maximum Gasteiger partial charge on any atom is 0.297 e. The van der Waals surface area contributed by atoms with Crippen molar-refractivity contribution in [3.05, 3.63) is 64.4 Å². The molecule has 2 N–H and O–H groups in total. The molecule has 0 spiro atoms. The quantitative estimate of drug-likeness (QED) is 0.694. The van der Waals surface area contributed by atoms with Crippen LogP contribution in [0.2, 0.25) is 5.02 Å². The summed E-state index contributed by atoms with van der Waals surface area (Å²) in [5, 5.41) is 9.92. The molecule has 3 rings (SSSR count). The standard InChI is InChI=1S/C18H16ClF3N2O3/c19-13-2-4-17(16(22)7-13)23-24(27-9-12-5-11(12)8-25)18(26)10-1-3-14(20)15(21)6-10/h1-4,6-7,11-12,23,25H,5,8-9H2. The molecular weight excluding hydrogens is 385 g/mol. The highest BCUT2D eigenvalue weighted by molar-refractivity contribution is 6.30. The topological polar surface area (TPSA) is 61.8 Å². The van der Waals surface area contributed by atoms with Gasteiger partial charge in [0.05, 0.1) is 12.3 Å². The molecule has 27 heavy (non-hydrogen) atoms. The summed E-state index contributed by atoms with van der Waals surface area (Å²) in [5.74, 6) is -3.73. The van der Waals surface area contributed by atoms with Crippen molar-refractivity contribution in [3.63, 3.8) is 0 Å². The van der Waals surface area contributed by atoms with Gasteiger partial charge in [-0.3, -0.25) is 15.1 Å². The Labute approximate surface area is 158 Å². The van der Waals surface area contributed by atoms with E-state index >= 15 is 0 Å². The van der Waals surface area contributed by atoms with Crippen LogP contribution >= 0.6 is 11.6 Å². The first-order valence-corrected chi connectivity index (χ1v) is 8.52. The maximum atomic E-state index is 14.0. The van der Waals surface area contributed by atoms with Gasteiger partial charge >= 0.3 is 0 Å². The van der Waals surface area contributed by atoms with Crippen LogP contribution < -0.4 is 5.43 Å². The maximum absolute atomic E-state index is 14.0. The highest BCUT2D eigenvalue weighted by Gasteiger charge is 2.37. The number of anilines is 1. The van der Waals surface area contributed by atoms with Crippen molar-refractivity contribution in [2.24, 2.45) is 11.8 Å². The number of amides is 1. The first-order valence-electron chi connectivity index (χ1n) is 8.14. The lowest BCUT2D eigenvalue weighted by atomic mass is 10.2. The Morgan fingerprint density at radius 1 is 1.15 bits per heavy atom. The van der Waals surface area contributed by atoms with E-state index in [0.717, 1.165) is 30.7 Å². The number of hydrogen-bond acceptors (Lipinski definition) is 4. The molecule has 1 aliphatic carbocycles. The summed E-state index contributed by atoms with van der Waals surface area (Å²) in [4.78, 5) is 18.0. The van der Waals surface area contributed by atoms with Gasteiger partial charge < -0.3 is 5.11 Å². The molecule has 2 unspecified atom stereocenters. The van der Waals surface area contributed by atoms with E-state index in [-0.39, 0.29) is 41.3 Å². The van der Waals surface area contributed by atoms with Crippen molar-refractivity contribution >= 4 is 23.2 Å². The number of nitrogens with one attached hydrogen (secondary N) is 1. The molecular formula is C18H16ClF3N2O3. The average Bonchev–Trinajstić information content (AvgIpc) is 3.40.